The fraction of sp³-hybridized carbons (Fsp3) is 0.105. The summed E-state index contributed by atoms with van der Waals surface area (Å²) in [6, 6.07) is 12.4. The maximum Gasteiger partial charge on any atom is 0.322 e. The number of hydrogen-bond donors (Lipinski definition) is 3. The minimum atomic E-state index is -1.25. The average molecular weight is 385 g/mol. The molecule has 7 nitrogen and oxygen atoms in total. The molecule has 8 heteroatoms. The Hall–Kier alpha value is -3.39. The van der Waals surface area contributed by atoms with E-state index < -0.39 is 34.5 Å². The molecule has 0 spiro atoms. The molecule has 0 unspecified atom stereocenters. The number of rotatable bonds is 5. The molecule has 3 rings (SSSR count). The second-order valence-electron chi connectivity index (χ2n) is 5.60. The smallest absolute Gasteiger partial charge is 0.322 e. The third-order valence-corrected chi connectivity index (χ3v) is 4.89. The number of amides is 1. The van der Waals surface area contributed by atoms with Crippen LogP contribution in [-0.4, -0.2) is 35.7 Å². The highest BCUT2D eigenvalue weighted by Gasteiger charge is 2.20. The number of hydrogen-bond acceptors (Lipinski definition) is 6. The summed E-state index contributed by atoms with van der Waals surface area (Å²) in [6.07, 6.45) is 0. The summed E-state index contributed by atoms with van der Waals surface area (Å²) in [4.78, 5) is 35.5. The third kappa shape index (κ3) is 3.61. The molecule has 0 fully saturated rings. The van der Waals surface area contributed by atoms with Gasteiger partial charge in [-0.2, -0.15) is 0 Å². The molecule has 3 aromatic rings. The van der Waals surface area contributed by atoms with Crippen LogP contribution in [0.4, 0.5) is 0 Å². The summed E-state index contributed by atoms with van der Waals surface area (Å²) in [5.41, 5.74) is 0.356. The van der Waals surface area contributed by atoms with Crippen molar-refractivity contribution in [2.24, 2.45) is 0 Å². The minimum absolute atomic E-state index is 0.252. The lowest BCUT2D eigenvalue weighted by Crippen LogP contribution is -2.32. The number of fused-ring (bicyclic) bond motifs is 1. The maximum atomic E-state index is 12.8. The van der Waals surface area contributed by atoms with Gasteiger partial charge in [0, 0.05) is 15.6 Å². The van der Waals surface area contributed by atoms with Crippen LogP contribution in [0.25, 0.3) is 21.2 Å². The zero-order valence-electron chi connectivity index (χ0n) is 14.2. The highest BCUT2D eigenvalue weighted by Crippen LogP contribution is 2.34. The Balaban J connectivity index is 2.15. The van der Waals surface area contributed by atoms with Gasteiger partial charge in [-0.3, -0.25) is 14.4 Å². The van der Waals surface area contributed by atoms with Crippen LogP contribution in [0.2, 0.25) is 0 Å². The van der Waals surface area contributed by atoms with Gasteiger partial charge in [0.1, 0.15) is 17.9 Å². The molecule has 0 saturated carbocycles. The Morgan fingerprint density at radius 2 is 1.93 bits per heavy atom. The van der Waals surface area contributed by atoms with Crippen LogP contribution in [0.1, 0.15) is 10.4 Å². The lowest BCUT2D eigenvalue weighted by atomic mass is 10.0. The van der Waals surface area contributed by atoms with Gasteiger partial charge in [-0.1, -0.05) is 35.6 Å². The molecule has 0 aliphatic rings. The topological polar surface area (TPSA) is 113 Å². The van der Waals surface area contributed by atoms with Gasteiger partial charge >= 0.3 is 5.97 Å². The zero-order valence-corrected chi connectivity index (χ0v) is 15.0. The first-order chi connectivity index (χ1) is 12.9. The number of carboxylic acid groups (broad SMARTS) is 1. The summed E-state index contributed by atoms with van der Waals surface area (Å²) in [7, 11) is 1.55. The van der Waals surface area contributed by atoms with E-state index in [0.29, 0.717) is 16.0 Å². The number of carbonyl (C=O) groups excluding carboxylic acids is 1. The number of carboxylic acids is 1. The molecule has 27 heavy (non-hydrogen) atoms. The van der Waals surface area contributed by atoms with Gasteiger partial charge in [0.05, 0.1) is 7.11 Å². The molecule has 1 aromatic heterocycles. The highest BCUT2D eigenvalue weighted by atomic mass is 32.1. The van der Waals surface area contributed by atoms with E-state index in [0.717, 1.165) is 16.9 Å². The Labute approximate surface area is 157 Å². The van der Waals surface area contributed by atoms with Crippen LogP contribution in [0.5, 0.6) is 10.8 Å². The van der Waals surface area contributed by atoms with Crippen molar-refractivity contribution in [3.8, 4) is 21.9 Å². The third-order valence-electron chi connectivity index (χ3n) is 3.92. The first-order valence-electron chi connectivity index (χ1n) is 7.85. The van der Waals surface area contributed by atoms with Crippen molar-refractivity contribution in [2.45, 2.75) is 0 Å². The fourth-order valence-corrected chi connectivity index (χ4v) is 3.57. The second-order valence-corrected chi connectivity index (χ2v) is 6.63. The molecule has 0 bridgehead atoms. The van der Waals surface area contributed by atoms with Crippen molar-refractivity contribution in [2.75, 3.05) is 13.7 Å². The summed E-state index contributed by atoms with van der Waals surface area (Å²) < 4.78 is 5.85. The van der Waals surface area contributed by atoms with Crippen LogP contribution >= 0.6 is 11.3 Å². The fourth-order valence-electron chi connectivity index (χ4n) is 2.68. The number of carbonyl (C=O) groups is 2. The molecule has 0 radical (unpaired) electrons. The lowest BCUT2D eigenvalue weighted by molar-refractivity contribution is -0.135. The average Bonchev–Trinajstić information content (AvgIpc) is 2.66. The van der Waals surface area contributed by atoms with Crippen LogP contribution in [0, 0.1) is 0 Å². The second kappa shape index (κ2) is 7.46. The van der Waals surface area contributed by atoms with E-state index in [1.165, 1.54) is 0 Å². The molecule has 1 heterocycles. The molecule has 1 amide bonds. The van der Waals surface area contributed by atoms with Gasteiger partial charge in [0.2, 0.25) is 5.43 Å². The first-order valence-corrected chi connectivity index (χ1v) is 8.67. The van der Waals surface area contributed by atoms with Gasteiger partial charge in [-0.05, 0) is 23.8 Å². The van der Waals surface area contributed by atoms with E-state index in [2.05, 4.69) is 5.32 Å². The van der Waals surface area contributed by atoms with E-state index in [-0.39, 0.29) is 5.39 Å². The van der Waals surface area contributed by atoms with Gasteiger partial charge in [0.15, 0.2) is 5.06 Å². The van der Waals surface area contributed by atoms with Crippen LogP contribution in [-0.2, 0) is 4.79 Å². The number of aliphatic carboxylic acids is 1. The van der Waals surface area contributed by atoms with E-state index in [1.807, 2.05) is 18.2 Å². The van der Waals surface area contributed by atoms with Gasteiger partial charge < -0.3 is 20.3 Å². The van der Waals surface area contributed by atoms with Crippen molar-refractivity contribution < 1.29 is 24.5 Å². The van der Waals surface area contributed by atoms with Crippen molar-refractivity contribution >= 4 is 33.3 Å². The van der Waals surface area contributed by atoms with E-state index in [9.17, 15) is 19.5 Å². The monoisotopic (exact) mass is 385 g/mol. The Morgan fingerprint density at radius 3 is 2.63 bits per heavy atom. The molecule has 138 valence electrons. The Morgan fingerprint density at radius 1 is 1.19 bits per heavy atom. The molecule has 3 N–H and O–H groups in total. The number of aromatic hydroxyl groups is 1. The van der Waals surface area contributed by atoms with Crippen LogP contribution < -0.4 is 15.5 Å². The number of methoxy groups -OCH3 is 1. The first kappa shape index (κ1) is 18.4. The number of benzene rings is 2. The summed E-state index contributed by atoms with van der Waals surface area (Å²) in [6.45, 7) is -0.651. The Kier molecular flexibility index (Phi) is 5.09. The summed E-state index contributed by atoms with van der Waals surface area (Å²) in [5, 5.41) is 20.6. The van der Waals surface area contributed by atoms with Crippen LogP contribution in [0.15, 0.2) is 47.3 Å². The normalized spacial score (nSPS) is 10.6. The zero-order chi connectivity index (χ0) is 19.6. The predicted molar refractivity (Wildman–Crippen MR) is 102 cm³/mol. The van der Waals surface area contributed by atoms with E-state index in [4.69, 9.17) is 9.84 Å². The molecular formula is C19H15NO6S. The van der Waals surface area contributed by atoms with Crippen molar-refractivity contribution in [3.63, 3.8) is 0 Å². The van der Waals surface area contributed by atoms with Gasteiger partial charge in [-0.25, -0.2) is 0 Å². The Bertz CT molecular complexity index is 1110. The molecular weight excluding hydrogens is 370 g/mol. The lowest BCUT2D eigenvalue weighted by Gasteiger charge is -2.10. The number of nitrogens with one attached hydrogen (secondary N) is 1. The van der Waals surface area contributed by atoms with Crippen molar-refractivity contribution in [1.82, 2.24) is 5.32 Å². The molecule has 2 aromatic carbocycles. The highest BCUT2D eigenvalue weighted by molar-refractivity contribution is 7.20. The molecule has 0 atom stereocenters. The largest absolute Gasteiger partial charge is 0.499 e. The summed E-state index contributed by atoms with van der Waals surface area (Å²) >= 11 is 0.875. The van der Waals surface area contributed by atoms with Gasteiger partial charge in [-0.15, -0.1) is 0 Å². The minimum Gasteiger partial charge on any atom is -0.499 e. The molecule has 0 aliphatic carbocycles. The van der Waals surface area contributed by atoms with Crippen molar-refractivity contribution in [1.29, 1.82) is 0 Å². The number of para-hydroxylation sites is 1. The number of ether oxygens (including phenoxy) is 1. The van der Waals surface area contributed by atoms with E-state index in [1.54, 1.807) is 31.4 Å². The quantitative estimate of drug-likeness (QED) is 0.622. The maximum absolute atomic E-state index is 12.8. The molecule has 0 saturated heterocycles. The standard InChI is InChI=1S/C19H15NO6S/c1-26-13-5-3-2-4-11(13)10-6-7-14-12(8-10)17(23)16(19(25)27-14)18(24)20-9-15(21)22/h2-8,25H,9H2,1H3,(H,20,24)(H,21,22). The SMILES string of the molecule is COc1ccccc1-c1ccc2sc(O)c(C(=O)NCC(=O)O)c(=O)c2c1. The van der Waals surface area contributed by atoms with Crippen LogP contribution in [0.3, 0.4) is 0 Å². The molecule has 0 aliphatic heterocycles. The summed E-state index contributed by atoms with van der Waals surface area (Å²) in [5.74, 6) is -1.55. The predicted octanol–water partition coefficient (Wildman–Crippen LogP) is 2.46. The van der Waals surface area contributed by atoms with Gasteiger partial charge in [0.25, 0.3) is 5.91 Å². The van der Waals surface area contributed by atoms with E-state index >= 15 is 0 Å². The van der Waals surface area contributed by atoms with Crippen molar-refractivity contribution in [3.05, 3.63) is 58.3 Å².